The van der Waals surface area contributed by atoms with Gasteiger partial charge in [0.05, 0.1) is 0 Å². The van der Waals surface area contributed by atoms with Crippen LogP contribution in [-0.2, 0) is 4.84 Å². The lowest BCUT2D eigenvalue weighted by atomic mass is 10.1. The van der Waals surface area contributed by atoms with Crippen molar-refractivity contribution < 1.29 is 4.84 Å². The zero-order valence-corrected chi connectivity index (χ0v) is 5.62. The van der Waals surface area contributed by atoms with Gasteiger partial charge < -0.3 is 0 Å². The Hall–Kier alpha value is -0.210. The minimum absolute atomic E-state index is 0.239. The zero-order valence-electron chi connectivity index (χ0n) is 4.86. The van der Waals surface area contributed by atoms with Crippen LogP contribution in [0.3, 0.4) is 0 Å². The fraction of sp³-hybridized carbons (Fsp3) is 0.600. The van der Waals surface area contributed by atoms with Crippen LogP contribution in [0.15, 0.2) is 11.2 Å². The minimum atomic E-state index is -0.239. The maximum absolute atomic E-state index is 5.52. The highest BCUT2D eigenvalue weighted by molar-refractivity contribution is 6.29. The Morgan fingerprint density at radius 2 is 2.38 bits per heavy atom. The number of nitrogens with one attached hydrogen (secondary N) is 1. The second-order valence-corrected chi connectivity index (χ2v) is 2.71. The monoisotopic (exact) mass is 133 g/mol. The molecule has 1 N–H and O–H groups in total. The molecule has 0 atom stereocenters. The molecule has 0 amide bonds. The Morgan fingerprint density at radius 3 is 2.50 bits per heavy atom. The first kappa shape index (κ1) is 5.92. The Balaban J connectivity index is 2.67. The third kappa shape index (κ3) is 1.14. The highest BCUT2D eigenvalue weighted by atomic mass is 35.5. The molecule has 0 fully saturated rings. The molecule has 0 saturated carbocycles. The molecular formula is C5H8ClNO. The van der Waals surface area contributed by atoms with Crippen molar-refractivity contribution in [3.05, 3.63) is 11.2 Å². The molecule has 0 aromatic heterocycles. The van der Waals surface area contributed by atoms with E-state index in [2.05, 4.69) is 5.48 Å². The largest absolute Gasteiger partial charge is 0.265 e. The van der Waals surface area contributed by atoms with Crippen molar-refractivity contribution in [1.29, 1.82) is 0 Å². The topological polar surface area (TPSA) is 21.3 Å². The van der Waals surface area contributed by atoms with Gasteiger partial charge in [0, 0.05) is 0 Å². The first-order valence-corrected chi connectivity index (χ1v) is 2.80. The summed E-state index contributed by atoms with van der Waals surface area (Å²) in [5.74, 6) is 0. The van der Waals surface area contributed by atoms with Crippen molar-refractivity contribution in [1.82, 2.24) is 5.48 Å². The number of hydroxylamine groups is 1. The molecule has 0 aliphatic carbocycles. The number of hydrogen-bond donors (Lipinski definition) is 1. The third-order valence-electron chi connectivity index (χ3n) is 0.886. The lowest BCUT2D eigenvalue weighted by Gasteiger charge is -2.10. The number of halogens is 1. The van der Waals surface area contributed by atoms with Crippen LogP contribution >= 0.6 is 11.6 Å². The van der Waals surface area contributed by atoms with E-state index in [4.69, 9.17) is 16.4 Å². The number of hydrogen-bond acceptors (Lipinski definition) is 2. The molecule has 1 aliphatic rings. The molecule has 0 spiro atoms. The fourth-order valence-electron chi connectivity index (χ4n) is 0.544. The summed E-state index contributed by atoms with van der Waals surface area (Å²) >= 11 is 5.52. The van der Waals surface area contributed by atoms with Gasteiger partial charge in [-0.3, -0.25) is 10.3 Å². The first-order valence-electron chi connectivity index (χ1n) is 2.42. The van der Waals surface area contributed by atoms with Crippen LogP contribution in [0, 0.1) is 0 Å². The van der Waals surface area contributed by atoms with Crippen LogP contribution in [0.1, 0.15) is 13.8 Å². The van der Waals surface area contributed by atoms with Crippen LogP contribution < -0.4 is 5.48 Å². The molecule has 0 bridgehead atoms. The van der Waals surface area contributed by atoms with Crippen molar-refractivity contribution >= 4 is 11.6 Å². The van der Waals surface area contributed by atoms with E-state index in [0.717, 1.165) is 0 Å². The van der Waals surface area contributed by atoms with Gasteiger partial charge in [-0.05, 0) is 19.9 Å². The van der Waals surface area contributed by atoms with E-state index in [0.29, 0.717) is 5.16 Å². The predicted octanol–water partition coefficient (Wildman–Crippen LogP) is 1.38. The summed E-state index contributed by atoms with van der Waals surface area (Å²) in [4.78, 5) is 4.98. The lowest BCUT2D eigenvalue weighted by Crippen LogP contribution is -2.20. The van der Waals surface area contributed by atoms with Gasteiger partial charge in [-0.1, -0.05) is 11.6 Å². The van der Waals surface area contributed by atoms with E-state index < -0.39 is 0 Å². The van der Waals surface area contributed by atoms with E-state index in [1.165, 1.54) is 0 Å². The molecule has 0 unspecified atom stereocenters. The molecule has 0 aromatic rings. The van der Waals surface area contributed by atoms with Crippen LogP contribution in [0.5, 0.6) is 0 Å². The van der Waals surface area contributed by atoms with E-state index in [9.17, 15) is 0 Å². The van der Waals surface area contributed by atoms with Crippen LogP contribution in [-0.4, -0.2) is 5.60 Å². The molecule has 0 saturated heterocycles. The Morgan fingerprint density at radius 1 is 1.75 bits per heavy atom. The van der Waals surface area contributed by atoms with E-state index in [1.807, 2.05) is 19.9 Å². The number of rotatable bonds is 0. The van der Waals surface area contributed by atoms with E-state index in [1.54, 1.807) is 0 Å². The van der Waals surface area contributed by atoms with Gasteiger partial charge in [-0.25, -0.2) is 0 Å². The molecule has 2 nitrogen and oxygen atoms in total. The van der Waals surface area contributed by atoms with Crippen molar-refractivity contribution in [2.45, 2.75) is 19.4 Å². The van der Waals surface area contributed by atoms with Gasteiger partial charge in [0.25, 0.3) is 0 Å². The highest BCUT2D eigenvalue weighted by Crippen LogP contribution is 2.19. The maximum atomic E-state index is 5.52. The summed E-state index contributed by atoms with van der Waals surface area (Å²) in [6.45, 7) is 3.85. The van der Waals surface area contributed by atoms with Crippen molar-refractivity contribution in [2.75, 3.05) is 0 Å². The van der Waals surface area contributed by atoms with Crippen LogP contribution in [0.2, 0.25) is 0 Å². The molecule has 1 heterocycles. The van der Waals surface area contributed by atoms with E-state index in [-0.39, 0.29) is 5.60 Å². The van der Waals surface area contributed by atoms with Gasteiger partial charge in [0.2, 0.25) is 0 Å². The molecule has 0 radical (unpaired) electrons. The Bertz CT molecular complexity index is 130. The van der Waals surface area contributed by atoms with Crippen molar-refractivity contribution in [2.24, 2.45) is 0 Å². The minimum Gasteiger partial charge on any atom is -0.265 e. The standard InChI is InChI=1S/C5H8ClNO/c1-5(2)3-4(6)7-8-5/h3,7H,1-2H3. The molecular weight excluding hydrogens is 126 g/mol. The normalized spacial score (nSPS) is 24.6. The van der Waals surface area contributed by atoms with Gasteiger partial charge in [0.15, 0.2) is 0 Å². The average molecular weight is 134 g/mol. The summed E-state index contributed by atoms with van der Waals surface area (Å²) in [6, 6.07) is 0. The summed E-state index contributed by atoms with van der Waals surface area (Å²) in [5, 5.41) is 0.565. The summed E-state index contributed by atoms with van der Waals surface area (Å²) in [6.07, 6.45) is 1.81. The summed E-state index contributed by atoms with van der Waals surface area (Å²) in [7, 11) is 0. The van der Waals surface area contributed by atoms with Crippen LogP contribution in [0.4, 0.5) is 0 Å². The van der Waals surface area contributed by atoms with Gasteiger partial charge in [-0.2, -0.15) is 0 Å². The van der Waals surface area contributed by atoms with Crippen molar-refractivity contribution in [3.63, 3.8) is 0 Å². The summed E-state index contributed by atoms with van der Waals surface area (Å²) < 4.78 is 0. The predicted molar refractivity (Wildman–Crippen MR) is 32.2 cm³/mol. The van der Waals surface area contributed by atoms with Gasteiger partial charge in [-0.15, -0.1) is 0 Å². The van der Waals surface area contributed by atoms with Crippen molar-refractivity contribution in [3.8, 4) is 0 Å². The molecule has 0 aromatic carbocycles. The first-order chi connectivity index (χ1) is 3.60. The van der Waals surface area contributed by atoms with Crippen LogP contribution in [0.25, 0.3) is 0 Å². The SMILES string of the molecule is CC1(C)C=C(Cl)NO1. The highest BCUT2D eigenvalue weighted by Gasteiger charge is 2.22. The second kappa shape index (κ2) is 1.64. The van der Waals surface area contributed by atoms with Gasteiger partial charge in [0.1, 0.15) is 10.8 Å². The molecule has 1 aliphatic heterocycles. The smallest absolute Gasteiger partial charge is 0.125 e. The second-order valence-electron chi connectivity index (χ2n) is 2.30. The Kier molecular flexibility index (Phi) is 1.21. The quantitative estimate of drug-likeness (QED) is 0.504. The summed E-state index contributed by atoms with van der Waals surface area (Å²) in [5.41, 5.74) is 2.30. The molecule has 8 heavy (non-hydrogen) atoms. The van der Waals surface area contributed by atoms with E-state index >= 15 is 0 Å². The lowest BCUT2D eigenvalue weighted by molar-refractivity contribution is -0.0129. The third-order valence-corrected chi connectivity index (χ3v) is 1.07. The zero-order chi connectivity index (χ0) is 6.20. The molecule has 46 valence electrons. The fourth-order valence-corrected chi connectivity index (χ4v) is 0.846. The average Bonchev–Trinajstić information content (AvgIpc) is 1.82. The molecule has 3 heteroatoms. The maximum Gasteiger partial charge on any atom is 0.125 e. The van der Waals surface area contributed by atoms with Gasteiger partial charge >= 0.3 is 0 Å². The Labute approximate surface area is 53.4 Å². The molecule has 1 rings (SSSR count).